The Hall–Kier alpha value is -6.64. The zero-order chi connectivity index (χ0) is 33.8. The first-order valence-corrected chi connectivity index (χ1v) is 17.5. The van der Waals surface area contributed by atoms with E-state index in [0.29, 0.717) is 0 Å². The second-order valence-corrected chi connectivity index (χ2v) is 13.2. The van der Waals surface area contributed by atoms with Crippen molar-refractivity contribution in [3.8, 4) is 50.3 Å². The number of anilines is 3. The van der Waals surface area contributed by atoms with E-state index in [9.17, 15) is 0 Å². The molecule has 0 fully saturated rings. The second-order valence-electron chi connectivity index (χ2n) is 13.2. The summed E-state index contributed by atoms with van der Waals surface area (Å²) in [5, 5.41) is 0. The fraction of sp³-hybridized carbons (Fsp3) is 0.0204. The lowest BCUT2D eigenvalue weighted by molar-refractivity contribution is 0.157. The van der Waals surface area contributed by atoms with Gasteiger partial charge in [0.1, 0.15) is 5.75 Å². The Kier molecular flexibility index (Phi) is 6.75. The van der Waals surface area contributed by atoms with Crippen LogP contribution in [0.25, 0.3) is 44.5 Å². The molecule has 0 aromatic heterocycles. The van der Waals surface area contributed by atoms with Crippen molar-refractivity contribution in [3.63, 3.8) is 0 Å². The summed E-state index contributed by atoms with van der Waals surface area (Å²) in [4.78, 5) is 2.44. The molecule has 1 aliphatic heterocycles. The smallest absolute Gasteiger partial charge is 0.186 e. The highest BCUT2D eigenvalue weighted by Crippen LogP contribution is 2.61. The van der Waals surface area contributed by atoms with Crippen molar-refractivity contribution >= 4 is 17.1 Å². The van der Waals surface area contributed by atoms with E-state index in [1.165, 1.54) is 33.4 Å². The van der Waals surface area contributed by atoms with Crippen LogP contribution in [0.5, 0.6) is 5.75 Å². The third-order valence-corrected chi connectivity index (χ3v) is 10.4. The highest BCUT2D eigenvalue weighted by atomic mass is 16.5. The summed E-state index contributed by atoms with van der Waals surface area (Å²) < 4.78 is 7.35. The number of hydrogen-bond donors (Lipinski definition) is 0. The molecule has 10 rings (SSSR count). The van der Waals surface area contributed by atoms with Gasteiger partial charge >= 0.3 is 0 Å². The molecular weight excluding hydrogens is 619 g/mol. The SMILES string of the molecule is c1ccc(-c2ccc(N(c3ccccc3-c3ccccc3)c3cccc4c3-c3ccccc3C43Oc4ccccc4-c4ccccc43)cc2)cc1. The average molecular weight is 652 g/mol. The topological polar surface area (TPSA) is 12.5 Å². The Balaban J connectivity index is 1.25. The van der Waals surface area contributed by atoms with Crippen LogP contribution >= 0.6 is 0 Å². The molecule has 1 unspecified atom stereocenters. The molecule has 0 saturated heterocycles. The first-order valence-electron chi connectivity index (χ1n) is 17.5. The van der Waals surface area contributed by atoms with E-state index in [4.69, 9.17) is 4.74 Å². The number of nitrogens with zero attached hydrogens (tertiary/aromatic N) is 1. The van der Waals surface area contributed by atoms with Crippen LogP contribution in [-0.2, 0) is 5.60 Å². The molecule has 0 N–H and O–H groups in total. The van der Waals surface area contributed by atoms with Gasteiger partial charge in [0.2, 0.25) is 0 Å². The van der Waals surface area contributed by atoms with E-state index < -0.39 is 5.60 Å². The molecule has 0 radical (unpaired) electrons. The van der Waals surface area contributed by atoms with Crippen LogP contribution in [0.2, 0.25) is 0 Å². The predicted octanol–water partition coefficient (Wildman–Crippen LogP) is 12.8. The molecule has 8 aromatic rings. The molecule has 240 valence electrons. The summed E-state index contributed by atoms with van der Waals surface area (Å²) in [5.41, 5.74) is 15.4. The van der Waals surface area contributed by atoms with Gasteiger partial charge in [0.25, 0.3) is 0 Å². The molecule has 1 heterocycles. The fourth-order valence-electron chi connectivity index (χ4n) is 8.25. The lowest BCUT2D eigenvalue weighted by Gasteiger charge is -2.39. The van der Waals surface area contributed by atoms with E-state index in [1.807, 2.05) is 0 Å². The second kappa shape index (κ2) is 11.8. The van der Waals surface area contributed by atoms with Gasteiger partial charge in [-0.1, -0.05) is 170 Å². The monoisotopic (exact) mass is 651 g/mol. The first-order chi connectivity index (χ1) is 25.3. The molecule has 51 heavy (non-hydrogen) atoms. The molecule has 1 spiro atoms. The molecular formula is C49H33NO. The highest BCUT2D eigenvalue weighted by Gasteiger charge is 2.51. The Bertz CT molecular complexity index is 2560. The van der Waals surface area contributed by atoms with Crippen molar-refractivity contribution in [3.05, 3.63) is 217 Å². The van der Waals surface area contributed by atoms with Crippen molar-refractivity contribution in [1.82, 2.24) is 0 Å². The van der Waals surface area contributed by atoms with Gasteiger partial charge in [0, 0.05) is 39.1 Å². The number of hydrogen-bond acceptors (Lipinski definition) is 2. The summed E-state index contributed by atoms with van der Waals surface area (Å²) in [5.74, 6) is 0.895. The standard InChI is InChI=1S/C49H33NO/c1-3-16-34(17-4-1)35-30-32-37(33-31-35)50(45-27-13-9-20-38(45)36-18-5-2-6-19-36)46-28-15-26-44-48(46)41-23-8-12-25-43(41)49(44)42-24-11-7-21-39(42)40-22-10-14-29-47(40)51-49/h1-33H. The van der Waals surface area contributed by atoms with Crippen LogP contribution in [0.4, 0.5) is 17.1 Å². The molecule has 2 nitrogen and oxygen atoms in total. The number of fused-ring (bicyclic) bond motifs is 9. The zero-order valence-corrected chi connectivity index (χ0v) is 27.9. The Morgan fingerprint density at radius 1 is 0.333 bits per heavy atom. The zero-order valence-electron chi connectivity index (χ0n) is 27.9. The fourth-order valence-corrected chi connectivity index (χ4v) is 8.25. The van der Waals surface area contributed by atoms with Crippen molar-refractivity contribution in [2.45, 2.75) is 5.60 Å². The van der Waals surface area contributed by atoms with Gasteiger partial charge in [-0.15, -0.1) is 0 Å². The lowest BCUT2D eigenvalue weighted by Crippen LogP contribution is -2.36. The highest BCUT2D eigenvalue weighted by molar-refractivity contribution is 5.99. The maximum atomic E-state index is 7.35. The number of para-hydroxylation sites is 2. The molecule has 2 heteroatoms. The summed E-state index contributed by atoms with van der Waals surface area (Å²) in [6.45, 7) is 0. The first kappa shape index (κ1) is 29.3. The van der Waals surface area contributed by atoms with E-state index in [0.717, 1.165) is 50.6 Å². The van der Waals surface area contributed by atoms with Gasteiger partial charge in [0.15, 0.2) is 5.60 Å². The molecule has 0 amide bonds. The molecule has 0 saturated carbocycles. The van der Waals surface area contributed by atoms with Crippen molar-refractivity contribution in [1.29, 1.82) is 0 Å². The molecule has 1 aliphatic carbocycles. The van der Waals surface area contributed by atoms with E-state index in [-0.39, 0.29) is 0 Å². The van der Waals surface area contributed by atoms with Gasteiger partial charge in [0.05, 0.1) is 11.4 Å². The summed E-state index contributed by atoms with van der Waals surface area (Å²) >= 11 is 0. The predicted molar refractivity (Wildman–Crippen MR) is 210 cm³/mol. The summed E-state index contributed by atoms with van der Waals surface area (Å²) in [6, 6.07) is 71.7. The van der Waals surface area contributed by atoms with Crippen LogP contribution in [0, 0.1) is 0 Å². The Labute approximate surface area is 298 Å². The molecule has 0 bridgehead atoms. The Morgan fingerprint density at radius 2 is 0.843 bits per heavy atom. The van der Waals surface area contributed by atoms with Crippen LogP contribution in [0.15, 0.2) is 200 Å². The third kappa shape index (κ3) is 4.50. The minimum Gasteiger partial charge on any atom is -0.472 e. The number of ether oxygens (including phenoxy) is 1. The van der Waals surface area contributed by atoms with E-state index >= 15 is 0 Å². The normalized spacial score (nSPS) is 14.9. The average Bonchev–Trinajstić information content (AvgIpc) is 3.49. The molecule has 1 atom stereocenters. The minimum atomic E-state index is -0.811. The van der Waals surface area contributed by atoms with Crippen molar-refractivity contribution in [2.75, 3.05) is 4.90 Å². The van der Waals surface area contributed by atoms with Crippen LogP contribution in [0.1, 0.15) is 16.7 Å². The van der Waals surface area contributed by atoms with Crippen LogP contribution < -0.4 is 9.64 Å². The van der Waals surface area contributed by atoms with Crippen LogP contribution in [-0.4, -0.2) is 0 Å². The Morgan fingerprint density at radius 3 is 1.59 bits per heavy atom. The largest absolute Gasteiger partial charge is 0.472 e. The van der Waals surface area contributed by atoms with Gasteiger partial charge in [-0.2, -0.15) is 0 Å². The minimum absolute atomic E-state index is 0.811. The van der Waals surface area contributed by atoms with Gasteiger partial charge in [-0.3, -0.25) is 0 Å². The molecule has 8 aromatic carbocycles. The van der Waals surface area contributed by atoms with Gasteiger partial charge in [-0.25, -0.2) is 0 Å². The third-order valence-electron chi connectivity index (χ3n) is 10.4. The molecule has 2 aliphatic rings. The van der Waals surface area contributed by atoms with E-state index in [2.05, 4.69) is 205 Å². The maximum absolute atomic E-state index is 7.35. The lowest BCUT2D eigenvalue weighted by atomic mass is 9.78. The number of rotatable bonds is 5. The van der Waals surface area contributed by atoms with Gasteiger partial charge < -0.3 is 9.64 Å². The van der Waals surface area contributed by atoms with Crippen molar-refractivity contribution in [2.24, 2.45) is 0 Å². The van der Waals surface area contributed by atoms with Gasteiger partial charge in [-0.05, 0) is 58.1 Å². The number of benzene rings is 8. The van der Waals surface area contributed by atoms with Crippen molar-refractivity contribution < 1.29 is 4.74 Å². The van der Waals surface area contributed by atoms with E-state index in [1.54, 1.807) is 0 Å². The summed E-state index contributed by atoms with van der Waals surface area (Å²) in [6.07, 6.45) is 0. The summed E-state index contributed by atoms with van der Waals surface area (Å²) in [7, 11) is 0. The quantitative estimate of drug-likeness (QED) is 0.184. The van der Waals surface area contributed by atoms with Crippen LogP contribution in [0.3, 0.4) is 0 Å². The maximum Gasteiger partial charge on any atom is 0.186 e.